The molecule has 1 aromatic rings. The predicted molar refractivity (Wildman–Crippen MR) is 62.6 cm³/mol. The van der Waals surface area contributed by atoms with Gasteiger partial charge in [-0.3, -0.25) is 9.48 Å². The maximum atomic E-state index is 10.9. The Morgan fingerprint density at radius 1 is 1.67 bits per heavy atom. The van der Waals surface area contributed by atoms with E-state index in [4.69, 9.17) is 0 Å². The molecule has 4 nitrogen and oxygen atoms in total. The van der Waals surface area contributed by atoms with Crippen LogP contribution in [0.4, 0.5) is 0 Å². The first-order chi connectivity index (χ1) is 7.13. The Kier molecular flexibility index (Phi) is 4.81. The van der Waals surface area contributed by atoms with Crippen molar-refractivity contribution in [1.82, 2.24) is 15.1 Å². The number of hydrogen-bond donors (Lipinski definition) is 1. The number of rotatable bonds is 5. The molecule has 84 valence electrons. The molecule has 0 atom stereocenters. The van der Waals surface area contributed by atoms with Crippen molar-refractivity contribution in [3.63, 3.8) is 0 Å². The van der Waals surface area contributed by atoms with Crippen molar-refractivity contribution in [2.24, 2.45) is 0 Å². The van der Waals surface area contributed by atoms with Crippen LogP contribution < -0.4 is 5.32 Å². The zero-order chi connectivity index (χ0) is 11.3. The molecule has 0 radical (unpaired) electrons. The maximum absolute atomic E-state index is 10.9. The number of nitrogens with zero attached hydrogens (tertiary/aromatic N) is 2. The summed E-state index contributed by atoms with van der Waals surface area (Å²) in [5, 5.41) is 7.14. The third-order valence-electron chi connectivity index (χ3n) is 2.09. The largest absolute Gasteiger partial charge is 0.356 e. The number of carbonyl (C=O) groups is 1. The van der Waals surface area contributed by atoms with E-state index in [2.05, 4.69) is 26.3 Å². The van der Waals surface area contributed by atoms with Crippen LogP contribution in [0.5, 0.6) is 0 Å². The Morgan fingerprint density at radius 3 is 2.93 bits per heavy atom. The fourth-order valence-corrected chi connectivity index (χ4v) is 1.52. The van der Waals surface area contributed by atoms with E-state index in [1.807, 2.05) is 24.7 Å². The fourth-order valence-electron chi connectivity index (χ4n) is 1.20. The standard InChI is InChI=1S/C10H16BrN3O/c1-3-10(15)12-5-4-6-14-7-9(11)8(2)13-14/h7H,3-6H2,1-2H3,(H,12,15). The Morgan fingerprint density at radius 2 is 2.40 bits per heavy atom. The molecule has 0 spiro atoms. The molecule has 0 saturated carbocycles. The highest BCUT2D eigenvalue weighted by Crippen LogP contribution is 2.12. The zero-order valence-corrected chi connectivity index (χ0v) is 10.7. The summed E-state index contributed by atoms with van der Waals surface area (Å²) in [5.74, 6) is 0.104. The number of nitrogens with one attached hydrogen (secondary N) is 1. The molecular formula is C10H16BrN3O. The van der Waals surface area contributed by atoms with Crippen LogP contribution in [0.25, 0.3) is 0 Å². The summed E-state index contributed by atoms with van der Waals surface area (Å²) in [6.07, 6.45) is 3.41. The van der Waals surface area contributed by atoms with E-state index in [-0.39, 0.29) is 5.91 Å². The lowest BCUT2D eigenvalue weighted by molar-refractivity contribution is -0.120. The number of amides is 1. The summed E-state index contributed by atoms with van der Waals surface area (Å²) in [4.78, 5) is 10.9. The van der Waals surface area contributed by atoms with Gasteiger partial charge in [-0.1, -0.05) is 6.92 Å². The van der Waals surface area contributed by atoms with Crippen LogP contribution in [0.1, 0.15) is 25.5 Å². The van der Waals surface area contributed by atoms with Gasteiger partial charge in [0.2, 0.25) is 5.91 Å². The van der Waals surface area contributed by atoms with Gasteiger partial charge in [-0.25, -0.2) is 0 Å². The average molecular weight is 274 g/mol. The number of hydrogen-bond acceptors (Lipinski definition) is 2. The van der Waals surface area contributed by atoms with Crippen molar-refractivity contribution < 1.29 is 4.79 Å². The summed E-state index contributed by atoms with van der Waals surface area (Å²) in [7, 11) is 0. The molecule has 1 heterocycles. The first kappa shape index (κ1) is 12.2. The minimum absolute atomic E-state index is 0.104. The van der Waals surface area contributed by atoms with Crippen LogP contribution in [0.15, 0.2) is 10.7 Å². The van der Waals surface area contributed by atoms with Gasteiger partial charge in [-0.05, 0) is 29.3 Å². The number of aromatic nitrogens is 2. The molecule has 0 saturated heterocycles. The van der Waals surface area contributed by atoms with Gasteiger partial charge in [0.15, 0.2) is 0 Å². The van der Waals surface area contributed by atoms with Crippen LogP contribution in [0, 0.1) is 6.92 Å². The van der Waals surface area contributed by atoms with Gasteiger partial charge in [0.1, 0.15) is 0 Å². The second-order valence-corrected chi connectivity index (χ2v) is 4.24. The minimum atomic E-state index is 0.104. The van der Waals surface area contributed by atoms with E-state index in [0.717, 1.165) is 23.1 Å². The van der Waals surface area contributed by atoms with Crippen molar-refractivity contribution in [1.29, 1.82) is 0 Å². The molecule has 0 unspecified atom stereocenters. The highest BCUT2D eigenvalue weighted by molar-refractivity contribution is 9.10. The average Bonchev–Trinajstić information content (AvgIpc) is 2.53. The number of halogens is 1. The summed E-state index contributed by atoms with van der Waals surface area (Å²) >= 11 is 3.41. The first-order valence-corrected chi connectivity index (χ1v) is 5.89. The van der Waals surface area contributed by atoms with E-state index in [9.17, 15) is 4.79 Å². The fraction of sp³-hybridized carbons (Fsp3) is 0.600. The van der Waals surface area contributed by atoms with Gasteiger partial charge in [0.25, 0.3) is 0 Å². The zero-order valence-electron chi connectivity index (χ0n) is 9.09. The molecule has 0 aliphatic rings. The molecule has 1 amide bonds. The summed E-state index contributed by atoms with van der Waals surface area (Å²) < 4.78 is 2.91. The smallest absolute Gasteiger partial charge is 0.219 e. The quantitative estimate of drug-likeness (QED) is 0.833. The Labute approximate surface area is 98.2 Å². The molecule has 0 bridgehead atoms. The minimum Gasteiger partial charge on any atom is -0.356 e. The third-order valence-corrected chi connectivity index (χ3v) is 2.87. The van der Waals surface area contributed by atoms with Gasteiger partial charge < -0.3 is 5.32 Å². The van der Waals surface area contributed by atoms with Gasteiger partial charge in [-0.2, -0.15) is 5.10 Å². The predicted octanol–water partition coefficient (Wildman–Crippen LogP) is 1.87. The molecular weight excluding hydrogens is 258 g/mol. The van der Waals surface area contributed by atoms with Crippen LogP contribution in [-0.2, 0) is 11.3 Å². The highest BCUT2D eigenvalue weighted by Gasteiger charge is 2.01. The molecule has 15 heavy (non-hydrogen) atoms. The molecule has 5 heteroatoms. The van der Waals surface area contributed by atoms with Crippen LogP contribution in [0.2, 0.25) is 0 Å². The van der Waals surface area contributed by atoms with E-state index in [1.165, 1.54) is 0 Å². The second kappa shape index (κ2) is 5.90. The molecule has 0 aromatic carbocycles. The van der Waals surface area contributed by atoms with Gasteiger partial charge in [0, 0.05) is 25.7 Å². The Balaban J connectivity index is 2.23. The van der Waals surface area contributed by atoms with Gasteiger partial charge >= 0.3 is 0 Å². The van der Waals surface area contributed by atoms with Crippen LogP contribution in [0.3, 0.4) is 0 Å². The molecule has 0 aliphatic carbocycles. The molecule has 1 aromatic heterocycles. The van der Waals surface area contributed by atoms with Crippen LogP contribution >= 0.6 is 15.9 Å². The topological polar surface area (TPSA) is 46.9 Å². The van der Waals surface area contributed by atoms with Crippen molar-refractivity contribution in [2.75, 3.05) is 6.54 Å². The lowest BCUT2D eigenvalue weighted by Gasteiger charge is -2.03. The van der Waals surface area contributed by atoms with E-state index < -0.39 is 0 Å². The molecule has 0 aliphatic heterocycles. The summed E-state index contributed by atoms with van der Waals surface area (Å²) in [6, 6.07) is 0. The number of aryl methyl sites for hydroxylation is 2. The van der Waals surface area contributed by atoms with Crippen LogP contribution in [-0.4, -0.2) is 22.2 Å². The van der Waals surface area contributed by atoms with Crippen molar-refractivity contribution in [2.45, 2.75) is 33.2 Å². The van der Waals surface area contributed by atoms with Gasteiger partial charge in [0.05, 0.1) is 10.2 Å². The Hall–Kier alpha value is -0.840. The Bertz CT molecular complexity index is 316. The SMILES string of the molecule is CCC(=O)NCCCn1cc(Br)c(C)n1. The monoisotopic (exact) mass is 273 g/mol. The van der Waals surface area contributed by atoms with Crippen molar-refractivity contribution in [3.8, 4) is 0 Å². The maximum Gasteiger partial charge on any atom is 0.219 e. The normalized spacial score (nSPS) is 10.3. The van der Waals surface area contributed by atoms with Crippen molar-refractivity contribution >= 4 is 21.8 Å². The number of carbonyl (C=O) groups excluding carboxylic acids is 1. The van der Waals surface area contributed by atoms with E-state index >= 15 is 0 Å². The molecule has 1 rings (SSSR count). The molecule has 1 N–H and O–H groups in total. The second-order valence-electron chi connectivity index (χ2n) is 3.38. The molecule has 0 fully saturated rings. The van der Waals surface area contributed by atoms with Gasteiger partial charge in [-0.15, -0.1) is 0 Å². The highest BCUT2D eigenvalue weighted by atomic mass is 79.9. The first-order valence-electron chi connectivity index (χ1n) is 5.09. The third kappa shape index (κ3) is 4.03. The lowest BCUT2D eigenvalue weighted by atomic mass is 10.4. The summed E-state index contributed by atoms with van der Waals surface area (Å²) in [5.41, 5.74) is 0.993. The van der Waals surface area contributed by atoms with E-state index in [1.54, 1.807) is 0 Å². The van der Waals surface area contributed by atoms with E-state index in [0.29, 0.717) is 13.0 Å². The lowest BCUT2D eigenvalue weighted by Crippen LogP contribution is -2.24. The summed E-state index contributed by atoms with van der Waals surface area (Å²) in [6.45, 7) is 5.35. The van der Waals surface area contributed by atoms with Crippen molar-refractivity contribution in [3.05, 3.63) is 16.4 Å².